The molecule has 0 atom stereocenters. The predicted octanol–water partition coefficient (Wildman–Crippen LogP) is 1.97. The van der Waals surface area contributed by atoms with Gasteiger partial charge in [0.1, 0.15) is 6.33 Å². The van der Waals surface area contributed by atoms with E-state index in [0.29, 0.717) is 12.4 Å². The van der Waals surface area contributed by atoms with E-state index in [1.807, 2.05) is 29.2 Å². The van der Waals surface area contributed by atoms with Gasteiger partial charge in [-0.3, -0.25) is 15.5 Å². The molecule has 0 amide bonds. The molecular weight excluding hydrogens is 284 g/mol. The van der Waals surface area contributed by atoms with E-state index in [9.17, 15) is 10.1 Å². The van der Waals surface area contributed by atoms with E-state index in [4.69, 9.17) is 0 Å². The molecule has 0 saturated carbocycles. The molecule has 114 valence electrons. The standard InChI is InChI=1S/C14H16N6O2/c1-18(2)17-13-12(20(21)22)14(16-9-15-13)19-8-7-10-5-3-4-6-11(10)19/h3-6,9H,7-8H2,1-2H3,(H,15,16,17). The third kappa shape index (κ3) is 2.44. The molecule has 1 N–H and O–H groups in total. The second-order valence-electron chi connectivity index (χ2n) is 5.19. The molecule has 1 aromatic heterocycles. The van der Waals surface area contributed by atoms with Gasteiger partial charge < -0.3 is 4.90 Å². The number of nitro groups is 1. The Morgan fingerprint density at radius 1 is 1.32 bits per heavy atom. The van der Waals surface area contributed by atoms with Crippen molar-refractivity contribution < 1.29 is 4.92 Å². The van der Waals surface area contributed by atoms with Crippen molar-refractivity contribution >= 4 is 23.0 Å². The number of aromatic nitrogens is 2. The normalized spacial score (nSPS) is 13.3. The molecule has 22 heavy (non-hydrogen) atoms. The largest absolute Gasteiger partial charge is 0.355 e. The fourth-order valence-electron chi connectivity index (χ4n) is 2.59. The molecule has 0 spiro atoms. The van der Waals surface area contributed by atoms with Crippen molar-refractivity contribution in [2.24, 2.45) is 0 Å². The Morgan fingerprint density at radius 2 is 2.09 bits per heavy atom. The number of hydrogen-bond acceptors (Lipinski definition) is 7. The summed E-state index contributed by atoms with van der Waals surface area (Å²) in [6.45, 7) is 0.665. The molecule has 2 aromatic rings. The molecule has 0 radical (unpaired) electrons. The van der Waals surface area contributed by atoms with E-state index in [0.717, 1.165) is 17.7 Å². The minimum absolute atomic E-state index is 0.118. The Hall–Kier alpha value is -2.74. The van der Waals surface area contributed by atoms with Gasteiger partial charge in [-0.25, -0.2) is 15.0 Å². The summed E-state index contributed by atoms with van der Waals surface area (Å²) < 4.78 is 0. The zero-order valence-corrected chi connectivity index (χ0v) is 12.4. The SMILES string of the molecule is CN(C)Nc1ncnc(N2CCc3ccccc32)c1[N+](=O)[O-]. The first-order chi connectivity index (χ1) is 10.6. The van der Waals surface area contributed by atoms with Gasteiger partial charge in [0.2, 0.25) is 11.6 Å². The molecular formula is C14H16N6O2. The number of para-hydroxylation sites is 1. The lowest BCUT2D eigenvalue weighted by Gasteiger charge is -2.20. The van der Waals surface area contributed by atoms with Crippen molar-refractivity contribution in [1.29, 1.82) is 0 Å². The van der Waals surface area contributed by atoms with Gasteiger partial charge >= 0.3 is 5.69 Å². The maximum Gasteiger partial charge on any atom is 0.355 e. The Labute approximate surface area is 127 Å². The number of nitrogens with zero attached hydrogens (tertiary/aromatic N) is 5. The van der Waals surface area contributed by atoms with Crippen molar-refractivity contribution in [3.05, 3.63) is 46.3 Å². The fourth-order valence-corrected chi connectivity index (χ4v) is 2.59. The maximum atomic E-state index is 11.5. The number of nitrogens with one attached hydrogen (secondary N) is 1. The fraction of sp³-hybridized carbons (Fsp3) is 0.286. The zero-order valence-electron chi connectivity index (χ0n) is 12.4. The highest BCUT2D eigenvalue weighted by Gasteiger charge is 2.31. The summed E-state index contributed by atoms with van der Waals surface area (Å²) in [7, 11) is 3.49. The van der Waals surface area contributed by atoms with Gasteiger partial charge in [-0.2, -0.15) is 0 Å². The monoisotopic (exact) mass is 300 g/mol. The number of rotatable bonds is 4. The smallest absolute Gasteiger partial charge is 0.320 e. The van der Waals surface area contributed by atoms with Gasteiger partial charge in [0, 0.05) is 26.3 Å². The molecule has 1 aliphatic rings. The summed E-state index contributed by atoms with van der Waals surface area (Å²) >= 11 is 0. The van der Waals surface area contributed by atoms with Crippen LogP contribution in [0.3, 0.4) is 0 Å². The van der Waals surface area contributed by atoms with E-state index in [1.165, 1.54) is 6.33 Å². The molecule has 3 rings (SSSR count). The number of fused-ring (bicyclic) bond motifs is 1. The summed E-state index contributed by atoms with van der Waals surface area (Å²) in [5, 5.41) is 13.1. The van der Waals surface area contributed by atoms with Crippen LogP contribution in [0, 0.1) is 10.1 Å². The van der Waals surface area contributed by atoms with Crippen molar-refractivity contribution in [2.45, 2.75) is 6.42 Å². The Balaban J connectivity index is 2.10. The highest BCUT2D eigenvalue weighted by Crippen LogP contribution is 2.39. The summed E-state index contributed by atoms with van der Waals surface area (Å²) in [5.41, 5.74) is 4.86. The highest BCUT2D eigenvalue weighted by molar-refractivity contribution is 5.78. The van der Waals surface area contributed by atoms with E-state index in [2.05, 4.69) is 15.4 Å². The van der Waals surface area contributed by atoms with Crippen LogP contribution in [0.1, 0.15) is 5.56 Å². The Morgan fingerprint density at radius 3 is 2.82 bits per heavy atom. The average molecular weight is 300 g/mol. The summed E-state index contributed by atoms with van der Waals surface area (Å²) in [4.78, 5) is 21.1. The van der Waals surface area contributed by atoms with Gasteiger partial charge in [0.15, 0.2) is 0 Å². The molecule has 2 heterocycles. The second kappa shape index (κ2) is 5.57. The van der Waals surface area contributed by atoms with Crippen molar-refractivity contribution in [2.75, 3.05) is 31.0 Å². The van der Waals surface area contributed by atoms with Gasteiger partial charge in [-0.15, -0.1) is 0 Å². The lowest BCUT2D eigenvalue weighted by atomic mass is 10.2. The molecule has 0 fully saturated rings. The zero-order chi connectivity index (χ0) is 15.7. The quantitative estimate of drug-likeness (QED) is 0.682. The van der Waals surface area contributed by atoms with E-state index < -0.39 is 4.92 Å². The van der Waals surface area contributed by atoms with Gasteiger partial charge in [-0.05, 0) is 18.1 Å². The van der Waals surface area contributed by atoms with E-state index in [1.54, 1.807) is 19.1 Å². The second-order valence-corrected chi connectivity index (χ2v) is 5.19. The van der Waals surface area contributed by atoms with Crippen LogP contribution >= 0.6 is 0 Å². The first kappa shape index (κ1) is 14.2. The molecule has 0 unspecified atom stereocenters. The first-order valence-corrected chi connectivity index (χ1v) is 6.86. The molecule has 0 saturated heterocycles. The van der Waals surface area contributed by atoms with E-state index >= 15 is 0 Å². The maximum absolute atomic E-state index is 11.5. The summed E-state index contributed by atoms with van der Waals surface area (Å²) in [5.74, 6) is 0.499. The van der Waals surface area contributed by atoms with Crippen LogP contribution in [0.2, 0.25) is 0 Å². The van der Waals surface area contributed by atoms with Gasteiger partial charge in [0.05, 0.1) is 4.92 Å². The van der Waals surface area contributed by atoms with Crippen LogP contribution in [-0.4, -0.2) is 40.5 Å². The minimum atomic E-state index is -0.442. The first-order valence-electron chi connectivity index (χ1n) is 6.86. The molecule has 0 bridgehead atoms. The minimum Gasteiger partial charge on any atom is -0.320 e. The molecule has 8 heteroatoms. The van der Waals surface area contributed by atoms with Crippen LogP contribution in [0.25, 0.3) is 0 Å². The van der Waals surface area contributed by atoms with Crippen LogP contribution < -0.4 is 10.3 Å². The lowest BCUT2D eigenvalue weighted by Crippen LogP contribution is -2.23. The molecule has 0 aliphatic carbocycles. The van der Waals surface area contributed by atoms with Crippen molar-refractivity contribution in [1.82, 2.24) is 15.0 Å². The summed E-state index contributed by atoms with van der Waals surface area (Å²) in [6.07, 6.45) is 2.18. The molecule has 1 aliphatic heterocycles. The molecule has 1 aromatic carbocycles. The Kier molecular flexibility index (Phi) is 3.60. The topological polar surface area (TPSA) is 87.4 Å². The van der Waals surface area contributed by atoms with Crippen LogP contribution in [0.15, 0.2) is 30.6 Å². The number of anilines is 3. The predicted molar refractivity (Wildman–Crippen MR) is 83.1 cm³/mol. The third-order valence-corrected chi connectivity index (χ3v) is 3.46. The third-order valence-electron chi connectivity index (χ3n) is 3.46. The lowest BCUT2D eigenvalue weighted by molar-refractivity contribution is -0.383. The summed E-state index contributed by atoms with van der Waals surface area (Å²) in [6, 6.07) is 7.87. The van der Waals surface area contributed by atoms with Crippen LogP contribution in [-0.2, 0) is 6.42 Å². The average Bonchev–Trinajstić information content (AvgIpc) is 2.90. The van der Waals surface area contributed by atoms with Gasteiger partial charge in [-0.1, -0.05) is 18.2 Å². The number of hydrazine groups is 1. The van der Waals surface area contributed by atoms with E-state index in [-0.39, 0.29) is 11.5 Å². The number of benzene rings is 1. The highest BCUT2D eigenvalue weighted by atomic mass is 16.6. The number of hydrogen-bond donors (Lipinski definition) is 1. The van der Waals surface area contributed by atoms with Crippen LogP contribution in [0.5, 0.6) is 0 Å². The molecule has 8 nitrogen and oxygen atoms in total. The van der Waals surface area contributed by atoms with Crippen molar-refractivity contribution in [3.8, 4) is 0 Å². The van der Waals surface area contributed by atoms with Crippen LogP contribution in [0.4, 0.5) is 23.0 Å². The van der Waals surface area contributed by atoms with Crippen molar-refractivity contribution in [3.63, 3.8) is 0 Å². The Bertz CT molecular complexity index is 718. The van der Waals surface area contributed by atoms with Gasteiger partial charge in [0.25, 0.3) is 0 Å².